The van der Waals surface area contributed by atoms with Gasteiger partial charge in [0.25, 0.3) is 5.91 Å². The predicted molar refractivity (Wildman–Crippen MR) is 129 cm³/mol. The second-order valence-electron chi connectivity index (χ2n) is 7.72. The molecule has 3 aromatic carbocycles. The molecule has 0 radical (unpaired) electrons. The van der Waals surface area contributed by atoms with Gasteiger partial charge in [0.1, 0.15) is 11.5 Å². The molecule has 0 fully saturated rings. The fourth-order valence-electron chi connectivity index (χ4n) is 3.42. The molecule has 0 spiro atoms. The molecular weight excluding hydrogens is 422 g/mol. The second-order valence-corrected chi connectivity index (χ2v) is 8.15. The molecule has 1 aromatic heterocycles. The Kier molecular flexibility index (Phi) is 5.93. The van der Waals surface area contributed by atoms with Gasteiger partial charge in [-0.15, -0.1) is 0 Å². The minimum absolute atomic E-state index is 0.244. The summed E-state index contributed by atoms with van der Waals surface area (Å²) in [6.45, 7) is 5.59. The molecule has 0 unspecified atom stereocenters. The normalized spacial score (nSPS) is 10.8. The Labute approximate surface area is 191 Å². The maximum atomic E-state index is 13.2. The lowest BCUT2D eigenvalue weighted by molar-refractivity contribution is 0.102. The lowest BCUT2D eigenvalue weighted by atomic mass is 10.0. The van der Waals surface area contributed by atoms with E-state index in [-0.39, 0.29) is 17.2 Å². The van der Waals surface area contributed by atoms with Gasteiger partial charge in [0, 0.05) is 10.6 Å². The van der Waals surface area contributed by atoms with Gasteiger partial charge in [-0.25, -0.2) is 4.68 Å². The number of carbonyl (C=O) groups excluding carboxylic acids is 1. The summed E-state index contributed by atoms with van der Waals surface area (Å²) in [6.07, 6.45) is 0. The predicted octanol–water partition coefficient (Wildman–Crippen LogP) is 5.73. The molecule has 5 nitrogen and oxygen atoms in total. The summed E-state index contributed by atoms with van der Waals surface area (Å²) in [5.41, 5.74) is 4.37. The number of nitrogens with zero attached hydrogens (tertiary/aromatic N) is 2. The fourth-order valence-corrected chi connectivity index (χ4v) is 3.61. The third kappa shape index (κ3) is 4.34. The molecule has 4 aromatic rings. The van der Waals surface area contributed by atoms with Crippen molar-refractivity contribution in [2.45, 2.75) is 20.8 Å². The molecule has 160 valence electrons. The number of halogens is 1. The van der Waals surface area contributed by atoms with Crippen LogP contribution in [0.1, 0.15) is 27.2 Å². The zero-order chi connectivity index (χ0) is 22.8. The summed E-state index contributed by atoms with van der Waals surface area (Å²) in [6, 6.07) is 21.9. The molecule has 0 aliphatic carbocycles. The van der Waals surface area contributed by atoms with Crippen LogP contribution in [0.15, 0.2) is 77.6 Å². The first-order valence-electron chi connectivity index (χ1n) is 10.2. The average Bonchev–Trinajstić information content (AvgIpc) is 2.77. The number of carbonyl (C=O) groups is 1. The van der Waals surface area contributed by atoms with Crippen LogP contribution in [0.5, 0.6) is 0 Å². The van der Waals surface area contributed by atoms with E-state index in [2.05, 4.69) is 10.4 Å². The zero-order valence-electron chi connectivity index (χ0n) is 18.0. The largest absolute Gasteiger partial charge is 0.306 e. The molecule has 0 aliphatic rings. The molecule has 32 heavy (non-hydrogen) atoms. The van der Waals surface area contributed by atoms with Crippen LogP contribution in [0.3, 0.4) is 0 Å². The van der Waals surface area contributed by atoms with Crippen molar-refractivity contribution in [1.29, 1.82) is 0 Å². The number of aromatic nitrogens is 2. The minimum atomic E-state index is -0.334. The van der Waals surface area contributed by atoms with E-state index in [0.29, 0.717) is 33.1 Å². The third-order valence-corrected chi connectivity index (χ3v) is 5.43. The Morgan fingerprint density at radius 3 is 2.16 bits per heavy atom. The number of hydrogen-bond donors (Lipinski definition) is 1. The van der Waals surface area contributed by atoms with Crippen LogP contribution in [0.25, 0.3) is 16.8 Å². The molecule has 0 saturated heterocycles. The fraction of sp³-hybridized carbons (Fsp3) is 0.115. The molecule has 1 amide bonds. The van der Waals surface area contributed by atoms with Gasteiger partial charge in [-0.3, -0.25) is 9.59 Å². The molecule has 1 N–H and O–H groups in total. The maximum Gasteiger partial charge on any atom is 0.256 e. The van der Waals surface area contributed by atoms with Crippen molar-refractivity contribution in [1.82, 2.24) is 9.78 Å². The summed E-state index contributed by atoms with van der Waals surface area (Å²) in [5, 5.41) is 7.93. The number of rotatable bonds is 4. The Hall–Kier alpha value is -3.70. The van der Waals surface area contributed by atoms with Crippen LogP contribution < -0.4 is 10.7 Å². The van der Waals surface area contributed by atoms with Crippen molar-refractivity contribution < 1.29 is 4.79 Å². The van der Waals surface area contributed by atoms with Crippen LogP contribution in [-0.4, -0.2) is 15.7 Å². The topological polar surface area (TPSA) is 64.0 Å². The van der Waals surface area contributed by atoms with Crippen molar-refractivity contribution in [2.24, 2.45) is 0 Å². The third-order valence-electron chi connectivity index (χ3n) is 5.19. The summed E-state index contributed by atoms with van der Waals surface area (Å²) in [4.78, 5) is 26.4. The molecular formula is C26H22ClN3O2. The van der Waals surface area contributed by atoms with E-state index in [1.54, 1.807) is 41.9 Å². The van der Waals surface area contributed by atoms with E-state index < -0.39 is 0 Å². The van der Waals surface area contributed by atoms with Gasteiger partial charge in [0.05, 0.1) is 11.3 Å². The van der Waals surface area contributed by atoms with E-state index >= 15 is 0 Å². The van der Waals surface area contributed by atoms with Gasteiger partial charge in [-0.1, -0.05) is 65.2 Å². The van der Waals surface area contributed by atoms with Gasteiger partial charge >= 0.3 is 0 Å². The first kappa shape index (κ1) is 21.5. The van der Waals surface area contributed by atoms with Gasteiger partial charge in [0.15, 0.2) is 0 Å². The van der Waals surface area contributed by atoms with Crippen LogP contribution in [-0.2, 0) is 0 Å². The molecule has 4 rings (SSSR count). The molecule has 0 saturated carbocycles. The highest BCUT2D eigenvalue weighted by Gasteiger charge is 2.21. The number of nitrogens with one attached hydrogen (secondary N) is 1. The Morgan fingerprint density at radius 2 is 1.53 bits per heavy atom. The lowest BCUT2D eigenvalue weighted by Gasteiger charge is -2.18. The number of benzene rings is 3. The van der Waals surface area contributed by atoms with Gasteiger partial charge in [-0.2, -0.15) is 5.10 Å². The van der Waals surface area contributed by atoms with Gasteiger partial charge in [-0.05, 0) is 56.7 Å². The summed E-state index contributed by atoms with van der Waals surface area (Å²) >= 11 is 6.22. The number of anilines is 1. The van der Waals surface area contributed by atoms with Crippen molar-refractivity contribution in [2.75, 3.05) is 5.32 Å². The van der Waals surface area contributed by atoms with Gasteiger partial charge < -0.3 is 5.32 Å². The van der Waals surface area contributed by atoms with Crippen molar-refractivity contribution in [3.05, 3.63) is 110 Å². The summed E-state index contributed by atoms with van der Waals surface area (Å²) < 4.78 is 1.56. The van der Waals surface area contributed by atoms with E-state index in [9.17, 15) is 9.59 Å². The minimum Gasteiger partial charge on any atom is -0.306 e. The van der Waals surface area contributed by atoms with Crippen LogP contribution >= 0.6 is 11.6 Å². The highest BCUT2D eigenvalue weighted by molar-refractivity contribution is 6.30. The number of hydrogen-bond acceptors (Lipinski definition) is 3. The van der Waals surface area contributed by atoms with E-state index in [0.717, 1.165) is 11.1 Å². The Balaban J connectivity index is 1.96. The average molecular weight is 444 g/mol. The smallest absolute Gasteiger partial charge is 0.256 e. The van der Waals surface area contributed by atoms with Crippen molar-refractivity contribution >= 4 is 23.3 Å². The zero-order valence-corrected chi connectivity index (χ0v) is 18.8. The quantitative estimate of drug-likeness (QED) is 0.438. The van der Waals surface area contributed by atoms with Crippen molar-refractivity contribution in [3.63, 3.8) is 0 Å². The first-order valence-corrected chi connectivity index (χ1v) is 10.6. The second kappa shape index (κ2) is 8.81. The SMILES string of the molecule is Cc1ccc(C(=O)Nc2c(-c3ccc(C)cc3)c(=O)c(C)nn2-c2cccc(Cl)c2)cc1. The number of aryl methyl sites for hydroxylation is 3. The molecule has 0 bridgehead atoms. The number of amides is 1. The summed E-state index contributed by atoms with van der Waals surface area (Å²) in [7, 11) is 0. The molecule has 0 atom stereocenters. The van der Waals surface area contributed by atoms with E-state index in [1.165, 1.54) is 0 Å². The molecule has 1 heterocycles. The van der Waals surface area contributed by atoms with Gasteiger partial charge in [0.2, 0.25) is 5.43 Å². The van der Waals surface area contributed by atoms with Crippen LogP contribution in [0.4, 0.5) is 5.82 Å². The molecule has 6 heteroatoms. The molecule has 0 aliphatic heterocycles. The monoisotopic (exact) mass is 443 g/mol. The first-order chi connectivity index (χ1) is 15.3. The van der Waals surface area contributed by atoms with Crippen LogP contribution in [0.2, 0.25) is 5.02 Å². The highest BCUT2D eigenvalue weighted by atomic mass is 35.5. The van der Waals surface area contributed by atoms with Crippen molar-refractivity contribution in [3.8, 4) is 16.8 Å². The lowest BCUT2D eigenvalue weighted by Crippen LogP contribution is -2.25. The highest BCUT2D eigenvalue weighted by Crippen LogP contribution is 2.28. The van der Waals surface area contributed by atoms with Crippen LogP contribution in [0, 0.1) is 20.8 Å². The Bertz CT molecular complexity index is 1360. The maximum absolute atomic E-state index is 13.2. The standard InChI is InChI=1S/C26H22ClN3O2/c1-16-7-11-19(12-8-16)23-24(31)18(3)29-30(22-6-4-5-21(27)15-22)25(23)28-26(32)20-13-9-17(2)10-14-20/h4-15H,1-3H3,(H,28,32). The van der Waals surface area contributed by atoms with E-state index in [1.807, 2.05) is 56.3 Å². The summed E-state index contributed by atoms with van der Waals surface area (Å²) in [5.74, 6) is -0.0449. The van der Waals surface area contributed by atoms with E-state index in [4.69, 9.17) is 11.6 Å². The Morgan fingerprint density at radius 1 is 0.906 bits per heavy atom.